The lowest BCUT2D eigenvalue weighted by molar-refractivity contribution is 0.251. The number of carbonyl (C=O) groups excluding carboxylic acids is 1. The Balaban J connectivity index is 2.23. The van der Waals surface area contributed by atoms with Crippen LogP contribution < -0.4 is 10.2 Å². The number of rotatable bonds is 1. The maximum absolute atomic E-state index is 11.4. The normalized spacial score (nSPS) is 21.8. The van der Waals surface area contributed by atoms with Crippen LogP contribution in [0.1, 0.15) is 6.92 Å². The second-order valence-electron chi connectivity index (χ2n) is 3.30. The topological polar surface area (TPSA) is 32.3 Å². The predicted octanol–water partition coefficient (Wildman–Crippen LogP) is 1.60. The summed E-state index contributed by atoms with van der Waals surface area (Å²) >= 11 is 0. The van der Waals surface area contributed by atoms with Crippen molar-refractivity contribution in [2.45, 2.75) is 13.0 Å². The third kappa shape index (κ3) is 1.49. The highest BCUT2D eigenvalue weighted by molar-refractivity contribution is 5.94. The number of anilines is 1. The van der Waals surface area contributed by atoms with E-state index in [4.69, 9.17) is 0 Å². The zero-order valence-corrected chi connectivity index (χ0v) is 7.53. The Morgan fingerprint density at radius 2 is 2.08 bits per heavy atom. The second kappa shape index (κ2) is 3.09. The molecule has 1 unspecified atom stereocenters. The molecule has 1 aromatic carbocycles. The fraction of sp³-hybridized carbons (Fsp3) is 0.300. The molecule has 1 fully saturated rings. The molecule has 68 valence electrons. The fourth-order valence-electron chi connectivity index (χ4n) is 1.52. The first-order chi connectivity index (χ1) is 6.27. The van der Waals surface area contributed by atoms with E-state index >= 15 is 0 Å². The monoisotopic (exact) mass is 176 g/mol. The smallest absolute Gasteiger partial charge is 0.322 e. The van der Waals surface area contributed by atoms with E-state index in [0.29, 0.717) is 0 Å². The molecule has 0 bridgehead atoms. The quantitative estimate of drug-likeness (QED) is 0.692. The molecule has 1 heterocycles. The molecule has 0 aromatic heterocycles. The lowest BCUT2D eigenvalue weighted by atomic mass is 10.3. The minimum Gasteiger partial charge on any atom is -0.333 e. The first kappa shape index (κ1) is 8.10. The number of hydrogen-bond acceptors (Lipinski definition) is 1. The van der Waals surface area contributed by atoms with Crippen LogP contribution in [0.4, 0.5) is 10.5 Å². The van der Waals surface area contributed by atoms with E-state index in [1.165, 1.54) is 0 Å². The predicted molar refractivity (Wildman–Crippen MR) is 51.8 cm³/mol. The van der Waals surface area contributed by atoms with Crippen LogP contribution in [0.15, 0.2) is 30.3 Å². The Morgan fingerprint density at radius 1 is 1.38 bits per heavy atom. The molecular formula is C10H12N2O. The van der Waals surface area contributed by atoms with Gasteiger partial charge in [-0.2, -0.15) is 0 Å². The summed E-state index contributed by atoms with van der Waals surface area (Å²) < 4.78 is 0. The Bertz CT molecular complexity index is 310. The Morgan fingerprint density at radius 3 is 2.62 bits per heavy atom. The van der Waals surface area contributed by atoms with E-state index in [1.54, 1.807) is 4.90 Å². The zero-order chi connectivity index (χ0) is 9.26. The highest BCUT2D eigenvalue weighted by Gasteiger charge is 2.26. The van der Waals surface area contributed by atoms with Gasteiger partial charge in [-0.15, -0.1) is 0 Å². The minimum absolute atomic E-state index is 0.00120. The van der Waals surface area contributed by atoms with Gasteiger partial charge in [0, 0.05) is 18.3 Å². The number of amides is 2. The summed E-state index contributed by atoms with van der Waals surface area (Å²) in [5.74, 6) is 0. The van der Waals surface area contributed by atoms with Crippen LogP contribution in [0.3, 0.4) is 0 Å². The van der Waals surface area contributed by atoms with Gasteiger partial charge in [-0.05, 0) is 19.1 Å². The molecule has 1 atom stereocenters. The zero-order valence-electron chi connectivity index (χ0n) is 7.53. The molecule has 1 aliphatic rings. The molecule has 1 saturated heterocycles. The summed E-state index contributed by atoms with van der Waals surface area (Å²) in [5.41, 5.74) is 0.962. The van der Waals surface area contributed by atoms with Crippen LogP contribution in [0.5, 0.6) is 0 Å². The van der Waals surface area contributed by atoms with Crippen molar-refractivity contribution in [3.8, 4) is 0 Å². The average Bonchev–Trinajstić information content (AvgIpc) is 2.47. The molecule has 3 nitrogen and oxygen atoms in total. The van der Waals surface area contributed by atoms with Crippen molar-refractivity contribution < 1.29 is 4.79 Å². The molecule has 0 saturated carbocycles. The fourth-order valence-corrected chi connectivity index (χ4v) is 1.52. The molecule has 1 aromatic rings. The number of para-hydroxylation sites is 1. The number of hydrogen-bond donors (Lipinski definition) is 1. The molecule has 13 heavy (non-hydrogen) atoms. The Hall–Kier alpha value is -1.51. The standard InChI is InChI=1S/C10H12N2O/c1-8-7-12(10(13)11-8)9-5-3-2-4-6-9/h2-6,8H,7H2,1H3,(H,11,13). The average molecular weight is 176 g/mol. The van der Waals surface area contributed by atoms with Crippen molar-refractivity contribution in [3.63, 3.8) is 0 Å². The van der Waals surface area contributed by atoms with Gasteiger partial charge in [0.25, 0.3) is 0 Å². The van der Waals surface area contributed by atoms with Crippen molar-refractivity contribution in [3.05, 3.63) is 30.3 Å². The van der Waals surface area contributed by atoms with Crippen molar-refractivity contribution in [1.29, 1.82) is 0 Å². The van der Waals surface area contributed by atoms with E-state index in [9.17, 15) is 4.79 Å². The molecule has 3 heteroatoms. The third-order valence-corrected chi connectivity index (χ3v) is 2.14. The molecule has 0 aliphatic carbocycles. The van der Waals surface area contributed by atoms with Crippen LogP contribution in [-0.2, 0) is 0 Å². The summed E-state index contributed by atoms with van der Waals surface area (Å²) in [7, 11) is 0. The van der Waals surface area contributed by atoms with Gasteiger partial charge >= 0.3 is 6.03 Å². The molecular weight excluding hydrogens is 164 g/mol. The Labute approximate surface area is 77.4 Å². The summed E-state index contributed by atoms with van der Waals surface area (Å²) in [6, 6.07) is 9.94. The van der Waals surface area contributed by atoms with Crippen molar-refractivity contribution in [1.82, 2.24) is 5.32 Å². The number of urea groups is 1. The van der Waals surface area contributed by atoms with Crippen LogP contribution in [0.2, 0.25) is 0 Å². The van der Waals surface area contributed by atoms with E-state index in [0.717, 1.165) is 12.2 Å². The summed E-state index contributed by atoms with van der Waals surface area (Å²) in [6.45, 7) is 2.75. The maximum atomic E-state index is 11.4. The van der Waals surface area contributed by atoms with Crippen LogP contribution in [0.25, 0.3) is 0 Å². The lowest BCUT2D eigenvalue weighted by Gasteiger charge is -2.13. The van der Waals surface area contributed by atoms with Gasteiger partial charge in [0.2, 0.25) is 0 Å². The first-order valence-electron chi connectivity index (χ1n) is 4.40. The SMILES string of the molecule is CC1CN(c2ccccc2)C(=O)N1. The van der Waals surface area contributed by atoms with E-state index in [1.807, 2.05) is 37.3 Å². The lowest BCUT2D eigenvalue weighted by Crippen LogP contribution is -2.27. The van der Waals surface area contributed by atoms with Gasteiger partial charge in [-0.25, -0.2) is 4.79 Å². The molecule has 0 radical (unpaired) electrons. The number of nitrogens with zero attached hydrogens (tertiary/aromatic N) is 1. The van der Waals surface area contributed by atoms with E-state index in [2.05, 4.69) is 5.32 Å². The largest absolute Gasteiger partial charge is 0.333 e. The van der Waals surface area contributed by atoms with Gasteiger partial charge < -0.3 is 5.32 Å². The van der Waals surface area contributed by atoms with Gasteiger partial charge in [0.1, 0.15) is 0 Å². The summed E-state index contributed by atoms with van der Waals surface area (Å²) in [4.78, 5) is 13.2. The van der Waals surface area contributed by atoms with Crippen LogP contribution in [0, 0.1) is 0 Å². The van der Waals surface area contributed by atoms with Crippen molar-refractivity contribution in [2.75, 3.05) is 11.4 Å². The second-order valence-corrected chi connectivity index (χ2v) is 3.30. The van der Waals surface area contributed by atoms with Crippen molar-refractivity contribution >= 4 is 11.7 Å². The maximum Gasteiger partial charge on any atom is 0.322 e. The number of benzene rings is 1. The van der Waals surface area contributed by atoms with Crippen LogP contribution in [-0.4, -0.2) is 18.6 Å². The van der Waals surface area contributed by atoms with Gasteiger partial charge in [-0.1, -0.05) is 18.2 Å². The minimum atomic E-state index is -0.00120. The molecule has 2 rings (SSSR count). The third-order valence-electron chi connectivity index (χ3n) is 2.14. The van der Waals surface area contributed by atoms with Crippen molar-refractivity contribution in [2.24, 2.45) is 0 Å². The van der Waals surface area contributed by atoms with Gasteiger partial charge in [0.05, 0.1) is 0 Å². The highest BCUT2D eigenvalue weighted by Crippen LogP contribution is 2.16. The molecule has 1 N–H and O–H groups in total. The summed E-state index contributed by atoms with van der Waals surface area (Å²) in [6.07, 6.45) is 0. The molecule has 1 aliphatic heterocycles. The van der Waals surface area contributed by atoms with E-state index < -0.39 is 0 Å². The number of nitrogens with one attached hydrogen (secondary N) is 1. The summed E-state index contributed by atoms with van der Waals surface area (Å²) in [5, 5.41) is 2.85. The number of carbonyl (C=O) groups is 1. The Kier molecular flexibility index (Phi) is 1.93. The van der Waals surface area contributed by atoms with Gasteiger partial charge in [0.15, 0.2) is 0 Å². The molecule has 0 spiro atoms. The first-order valence-corrected chi connectivity index (χ1v) is 4.40. The van der Waals surface area contributed by atoms with Crippen LogP contribution >= 0.6 is 0 Å². The highest BCUT2D eigenvalue weighted by atomic mass is 16.2. The molecule has 2 amide bonds. The van der Waals surface area contributed by atoms with E-state index in [-0.39, 0.29) is 12.1 Å². The van der Waals surface area contributed by atoms with Gasteiger partial charge in [-0.3, -0.25) is 4.90 Å².